The number of nitrogens with one attached hydrogen (secondary N) is 1. The molecule has 160 valence electrons. The number of hydrogen-bond acceptors (Lipinski definition) is 3. The van der Waals surface area contributed by atoms with Crippen LogP contribution >= 0.6 is 0 Å². The fourth-order valence-electron chi connectivity index (χ4n) is 4.50. The minimum atomic E-state index is 0.0365. The van der Waals surface area contributed by atoms with Gasteiger partial charge in [0.25, 0.3) is 5.91 Å². The van der Waals surface area contributed by atoms with Gasteiger partial charge in [0.05, 0.1) is 5.56 Å². The minimum absolute atomic E-state index is 0.0365. The average Bonchev–Trinajstić information content (AvgIpc) is 3.29. The van der Waals surface area contributed by atoms with Crippen LogP contribution in [0.1, 0.15) is 82.0 Å². The molecule has 0 aliphatic carbocycles. The second kappa shape index (κ2) is 10.7. The van der Waals surface area contributed by atoms with Gasteiger partial charge >= 0.3 is 0 Å². The lowest BCUT2D eigenvalue weighted by molar-refractivity contribution is -0.120. The Morgan fingerprint density at radius 2 is 1.69 bits per heavy atom. The van der Waals surface area contributed by atoms with Gasteiger partial charge < -0.3 is 15.1 Å². The molecule has 0 saturated carbocycles. The van der Waals surface area contributed by atoms with E-state index in [1.165, 1.54) is 19.3 Å². The Hall–Kier alpha value is -2.04. The largest absolute Gasteiger partial charge is 0.371 e. The molecule has 2 amide bonds. The van der Waals surface area contributed by atoms with E-state index in [2.05, 4.69) is 24.1 Å². The van der Waals surface area contributed by atoms with Crippen LogP contribution in [-0.2, 0) is 4.79 Å². The highest BCUT2D eigenvalue weighted by Crippen LogP contribution is 2.29. The van der Waals surface area contributed by atoms with Gasteiger partial charge in [-0.15, -0.1) is 0 Å². The van der Waals surface area contributed by atoms with E-state index in [0.29, 0.717) is 0 Å². The summed E-state index contributed by atoms with van der Waals surface area (Å²) in [6, 6.07) is 5.92. The molecule has 0 radical (unpaired) electrons. The molecule has 3 rings (SSSR count). The fraction of sp³-hybridized carbons (Fsp3) is 0.667. The van der Waals surface area contributed by atoms with Crippen LogP contribution in [0.15, 0.2) is 18.2 Å². The van der Waals surface area contributed by atoms with Crippen molar-refractivity contribution in [3.63, 3.8) is 0 Å². The Balaban J connectivity index is 1.82. The first-order valence-corrected chi connectivity index (χ1v) is 11.6. The number of carbonyl (C=O) groups excluding carboxylic acids is 2. The van der Waals surface area contributed by atoms with Gasteiger partial charge in [-0.25, -0.2) is 0 Å². The van der Waals surface area contributed by atoms with Crippen LogP contribution in [-0.4, -0.2) is 42.9 Å². The molecular weight excluding hydrogens is 362 g/mol. The van der Waals surface area contributed by atoms with Gasteiger partial charge in [-0.2, -0.15) is 0 Å². The van der Waals surface area contributed by atoms with E-state index in [4.69, 9.17) is 0 Å². The number of benzene rings is 1. The summed E-state index contributed by atoms with van der Waals surface area (Å²) in [5.74, 6) is 0.220. The number of likely N-dealkylation sites (tertiary alicyclic amines) is 1. The van der Waals surface area contributed by atoms with Gasteiger partial charge in [-0.05, 0) is 63.1 Å². The summed E-state index contributed by atoms with van der Waals surface area (Å²) in [5, 5.41) is 3.09. The summed E-state index contributed by atoms with van der Waals surface area (Å²) in [4.78, 5) is 30.3. The quantitative estimate of drug-likeness (QED) is 0.664. The van der Waals surface area contributed by atoms with E-state index in [0.717, 1.165) is 81.6 Å². The summed E-state index contributed by atoms with van der Waals surface area (Å²) >= 11 is 0. The van der Waals surface area contributed by atoms with Gasteiger partial charge in [0.15, 0.2) is 0 Å². The maximum absolute atomic E-state index is 13.3. The van der Waals surface area contributed by atoms with E-state index in [1.54, 1.807) is 0 Å². The molecule has 1 N–H and O–H groups in total. The van der Waals surface area contributed by atoms with Crippen molar-refractivity contribution in [1.29, 1.82) is 0 Å². The number of anilines is 2. The molecule has 1 atom stereocenters. The lowest BCUT2D eigenvalue weighted by Crippen LogP contribution is -2.34. The molecule has 2 heterocycles. The molecule has 5 nitrogen and oxygen atoms in total. The number of amides is 2. The number of piperidine rings is 1. The third-order valence-corrected chi connectivity index (χ3v) is 6.35. The van der Waals surface area contributed by atoms with Crippen molar-refractivity contribution in [2.45, 2.75) is 71.6 Å². The predicted octanol–water partition coefficient (Wildman–Crippen LogP) is 5.07. The highest BCUT2D eigenvalue weighted by molar-refractivity contribution is 6.02. The minimum Gasteiger partial charge on any atom is -0.371 e. The monoisotopic (exact) mass is 399 g/mol. The highest BCUT2D eigenvalue weighted by atomic mass is 16.2. The van der Waals surface area contributed by atoms with E-state index in [9.17, 15) is 9.59 Å². The number of hydrogen-bond donors (Lipinski definition) is 1. The molecule has 0 bridgehead atoms. The fourth-order valence-corrected chi connectivity index (χ4v) is 4.50. The predicted molar refractivity (Wildman–Crippen MR) is 120 cm³/mol. The lowest BCUT2D eigenvalue weighted by Gasteiger charge is -2.31. The van der Waals surface area contributed by atoms with Crippen molar-refractivity contribution in [2.24, 2.45) is 5.92 Å². The molecule has 2 fully saturated rings. The van der Waals surface area contributed by atoms with Gasteiger partial charge in [-0.3, -0.25) is 9.59 Å². The first-order valence-electron chi connectivity index (χ1n) is 11.6. The lowest BCUT2D eigenvalue weighted by atomic mass is 9.98. The smallest absolute Gasteiger partial charge is 0.256 e. The van der Waals surface area contributed by atoms with Crippen molar-refractivity contribution in [2.75, 3.05) is 36.4 Å². The zero-order valence-electron chi connectivity index (χ0n) is 18.2. The first kappa shape index (κ1) is 21.7. The number of nitrogens with zero attached hydrogens (tertiary/aromatic N) is 2. The van der Waals surface area contributed by atoms with Gasteiger partial charge in [0, 0.05) is 43.5 Å². The van der Waals surface area contributed by atoms with E-state index in [-0.39, 0.29) is 17.7 Å². The molecule has 2 aliphatic heterocycles. The summed E-state index contributed by atoms with van der Waals surface area (Å²) in [6.45, 7) is 7.90. The van der Waals surface area contributed by atoms with Crippen LogP contribution in [0.25, 0.3) is 0 Å². The standard InChI is InChI=1S/C24H37N3O2/c1-3-5-11-19(4-2)23(28)25-20-12-13-22(26-14-7-6-8-15-26)21(18-20)24(29)27-16-9-10-17-27/h12-13,18-19H,3-11,14-17H2,1-2H3,(H,25,28). The maximum atomic E-state index is 13.3. The van der Waals surface area contributed by atoms with Crippen LogP contribution in [0.4, 0.5) is 11.4 Å². The number of rotatable bonds is 8. The van der Waals surface area contributed by atoms with Crippen molar-refractivity contribution in [3.8, 4) is 0 Å². The van der Waals surface area contributed by atoms with E-state index in [1.807, 2.05) is 23.1 Å². The normalized spacial score (nSPS) is 18.0. The second-order valence-corrected chi connectivity index (χ2v) is 8.52. The van der Waals surface area contributed by atoms with E-state index < -0.39 is 0 Å². The Labute approximate surface area is 175 Å². The summed E-state index contributed by atoms with van der Waals surface area (Å²) in [7, 11) is 0. The van der Waals surface area contributed by atoms with Crippen molar-refractivity contribution >= 4 is 23.2 Å². The first-order chi connectivity index (χ1) is 14.1. The van der Waals surface area contributed by atoms with Crippen molar-refractivity contribution < 1.29 is 9.59 Å². The van der Waals surface area contributed by atoms with E-state index >= 15 is 0 Å². The summed E-state index contributed by atoms with van der Waals surface area (Å²) < 4.78 is 0. The van der Waals surface area contributed by atoms with Gasteiger partial charge in [0.1, 0.15) is 0 Å². The molecule has 2 saturated heterocycles. The van der Waals surface area contributed by atoms with Crippen LogP contribution in [0, 0.1) is 5.92 Å². The Kier molecular flexibility index (Phi) is 7.96. The topological polar surface area (TPSA) is 52.7 Å². The van der Waals surface area contributed by atoms with Crippen molar-refractivity contribution in [1.82, 2.24) is 4.90 Å². The molecule has 0 aromatic heterocycles. The molecule has 1 aromatic carbocycles. The van der Waals surface area contributed by atoms with Crippen molar-refractivity contribution in [3.05, 3.63) is 23.8 Å². The summed E-state index contributed by atoms with van der Waals surface area (Å²) in [6.07, 6.45) is 9.70. The number of carbonyl (C=O) groups is 2. The van der Waals surface area contributed by atoms with Gasteiger partial charge in [0.2, 0.25) is 5.91 Å². The molecule has 1 unspecified atom stereocenters. The Morgan fingerprint density at radius 1 is 1.00 bits per heavy atom. The molecule has 5 heteroatoms. The maximum Gasteiger partial charge on any atom is 0.256 e. The summed E-state index contributed by atoms with van der Waals surface area (Å²) in [5.41, 5.74) is 2.51. The molecular formula is C24H37N3O2. The second-order valence-electron chi connectivity index (χ2n) is 8.52. The third-order valence-electron chi connectivity index (χ3n) is 6.35. The zero-order valence-corrected chi connectivity index (χ0v) is 18.2. The highest BCUT2D eigenvalue weighted by Gasteiger charge is 2.25. The Morgan fingerprint density at radius 3 is 2.34 bits per heavy atom. The zero-order chi connectivity index (χ0) is 20.6. The molecule has 1 aromatic rings. The van der Waals surface area contributed by atoms with Crippen LogP contribution in [0.5, 0.6) is 0 Å². The molecule has 2 aliphatic rings. The van der Waals surface area contributed by atoms with Gasteiger partial charge in [-0.1, -0.05) is 26.7 Å². The van der Waals surface area contributed by atoms with Crippen LogP contribution < -0.4 is 10.2 Å². The third kappa shape index (κ3) is 5.52. The molecule has 29 heavy (non-hydrogen) atoms. The average molecular weight is 400 g/mol. The molecule has 0 spiro atoms. The SMILES string of the molecule is CCCCC(CC)C(=O)Nc1ccc(N2CCCCC2)c(C(=O)N2CCCC2)c1. The Bertz CT molecular complexity index is 691. The van der Waals surface area contributed by atoms with Crippen LogP contribution in [0.2, 0.25) is 0 Å². The van der Waals surface area contributed by atoms with Crippen LogP contribution in [0.3, 0.4) is 0 Å². The number of unbranched alkanes of at least 4 members (excludes halogenated alkanes) is 1.